The molecule has 0 bridgehead atoms. The molecule has 0 aromatic heterocycles. The van der Waals surface area contributed by atoms with Gasteiger partial charge in [0.05, 0.1) is 6.61 Å². The normalized spacial score (nSPS) is 14.2. The summed E-state index contributed by atoms with van der Waals surface area (Å²) in [5, 5.41) is 3.01. The Morgan fingerprint density at radius 2 is 1.81 bits per heavy atom. The average molecular weight is 353 g/mol. The molecule has 26 heavy (non-hydrogen) atoms. The van der Waals surface area contributed by atoms with Crippen molar-refractivity contribution in [1.82, 2.24) is 10.2 Å². The Hall–Kier alpha value is -2.69. The zero-order valence-corrected chi connectivity index (χ0v) is 15.6. The first kappa shape index (κ1) is 18.1. The quantitative estimate of drug-likeness (QED) is 0.896. The van der Waals surface area contributed by atoms with Crippen LogP contribution in [0.4, 0.5) is 10.5 Å². The van der Waals surface area contributed by atoms with Crippen molar-refractivity contribution in [2.75, 3.05) is 37.7 Å². The van der Waals surface area contributed by atoms with Crippen LogP contribution in [0.15, 0.2) is 48.5 Å². The first-order valence-electron chi connectivity index (χ1n) is 9.22. The maximum Gasteiger partial charge on any atom is 0.317 e. The van der Waals surface area contributed by atoms with Crippen molar-refractivity contribution in [3.63, 3.8) is 0 Å². The van der Waals surface area contributed by atoms with Crippen molar-refractivity contribution >= 4 is 11.7 Å². The van der Waals surface area contributed by atoms with E-state index in [4.69, 9.17) is 4.74 Å². The van der Waals surface area contributed by atoms with Crippen molar-refractivity contribution in [3.8, 4) is 5.75 Å². The molecule has 2 aromatic carbocycles. The fraction of sp³-hybridized carbons (Fsp3) is 0.381. The first-order chi connectivity index (χ1) is 12.7. The van der Waals surface area contributed by atoms with Crippen molar-refractivity contribution < 1.29 is 9.53 Å². The lowest BCUT2D eigenvalue weighted by Gasteiger charge is -2.36. The summed E-state index contributed by atoms with van der Waals surface area (Å²) in [5.74, 6) is 0.856. The number of nitrogens with zero attached hydrogens (tertiary/aromatic N) is 2. The van der Waals surface area contributed by atoms with Gasteiger partial charge in [0.25, 0.3) is 0 Å². The van der Waals surface area contributed by atoms with Crippen LogP contribution in [-0.4, -0.2) is 43.7 Å². The van der Waals surface area contributed by atoms with E-state index in [0.29, 0.717) is 13.2 Å². The number of amides is 2. The molecule has 0 spiro atoms. The highest BCUT2D eigenvalue weighted by Crippen LogP contribution is 2.18. The molecule has 1 aliphatic rings. The SMILES string of the molecule is CCOc1ccc(CNC(=O)N2CCN(c3cccc(C)c3)CC2)cc1. The summed E-state index contributed by atoms with van der Waals surface area (Å²) in [5.41, 5.74) is 3.57. The van der Waals surface area contributed by atoms with Crippen LogP contribution in [-0.2, 0) is 6.54 Å². The van der Waals surface area contributed by atoms with Gasteiger partial charge in [0, 0.05) is 38.4 Å². The molecule has 2 aromatic rings. The van der Waals surface area contributed by atoms with Gasteiger partial charge in [-0.25, -0.2) is 4.79 Å². The largest absolute Gasteiger partial charge is 0.494 e. The van der Waals surface area contributed by atoms with Gasteiger partial charge in [-0.3, -0.25) is 0 Å². The Bertz CT molecular complexity index is 722. The summed E-state index contributed by atoms with van der Waals surface area (Å²) >= 11 is 0. The number of ether oxygens (including phenoxy) is 1. The predicted octanol–water partition coefficient (Wildman–Crippen LogP) is 3.43. The van der Waals surface area contributed by atoms with Crippen LogP contribution in [0.1, 0.15) is 18.1 Å². The number of aryl methyl sites for hydroxylation is 1. The van der Waals surface area contributed by atoms with Gasteiger partial charge in [-0.15, -0.1) is 0 Å². The van der Waals surface area contributed by atoms with Crippen LogP contribution in [0, 0.1) is 6.92 Å². The maximum atomic E-state index is 12.4. The van der Waals surface area contributed by atoms with Gasteiger partial charge >= 0.3 is 6.03 Å². The van der Waals surface area contributed by atoms with Crippen molar-refractivity contribution in [2.45, 2.75) is 20.4 Å². The molecule has 138 valence electrons. The molecule has 5 heteroatoms. The van der Waals surface area contributed by atoms with E-state index in [-0.39, 0.29) is 6.03 Å². The number of nitrogens with one attached hydrogen (secondary N) is 1. The van der Waals surface area contributed by atoms with E-state index < -0.39 is 0 Å². The molecule has 2 amide bonds. The highest BCUT2D eigenvalue weighted by Gasteiger charge is 2.21. The molecule has 1 fully saturated rings. The average Bonchev–Trinajstić information content (AvgIpc) is 2.67. The Morgan fingerprint density at radius 1 is 1.08 bits per heavy atom. The van der Waals surface area contributed by atoms with E-state index in [9.17, 15) is 4.79 Å². The standard InChI is InChI=1S/C21H27N3O2/c1-3-26-20-9-7-18(8-10-20)16-22-21(25)24-13-11-23(12-14-24)19-6-4-5-17(2)15-19/h4-10,15H,3,11-14,16H2,1-2H3,(H,22,25). The van der Waals surface area contributed by atoms with Gasteiger partial charge in [-0.2, -0.15) is 0 Å². The first-order valence-corrected chi connectivity index (χ1v) is 9.22. The molecule has 0 saturated carbocycles. The van der Waals surface area contributed by atoms with Crippen LogP contribution in [0.5, 0.6) is 5.75 Å². The van der Waals surface area contributed by atoms with E-state index in [2.05, 4.69) is 41.4 Å². The number of anilines is 1. The second kappa shape index (κ2) is 8.61. The van der Waals surface area contributed by atoms with Crippen LogP contribution >= 0.6 is 0 Å². The van der Waals surface area contributed by atoms with E-state index in [0.717, 1.165) is 37.5 Å². The second-order valence-electron chi connectivity index (χ2n) is 6.55. The number of hydrogen-bond donors (Lipinski definition) is 1. The topological polar surface area (TPSA) is 44.8 Å². The van der Waals surface area contributed by atoms with Gasteiger partial charge in [0.1, 0.15) is 5.75 Å². The van der Waals surface area contributed by atoms with E-state index in [1.54, 1.807) is 0 Å². The van der Waals surface area contributed by atoms with Crippen molar-refractivity contribution in [2.24, 2.45) is 0 Å². The minimum Gasteiger partial charge on any atom is -0.494 e. The number of rotatable bonds is 5. The molecule has 0 atom stereocenters. The predicted molar refractivity (Wildman–Crippen MR) is 105 cm³/mol. The van der Waals surface area contributed by atoms with Crippen LogP contribution < -0.4 is 15.0 Å². The van der Waals surface area contributed by atoms with Crippen LogP contribution in [0.3, 0.4) is 0 Å². The van der Waals surface area contributed by atoms with Crippen molar-refractivity contribution in [1.29, 1.82) is 0 Å². The van der Waals surface area contributed by atoms with Crippen molar-refractivity contribution in [3.05, 3.63) is 59.7 Å². The summed E-state index contributed by atoms with van der Waals surface area (Å²) in [6.07, 6.45) is 0. The zero-order valence-electron chi connectivity index (χ0n) is 15.6. The number of piperazine rings is 1. The Morgan fingerprint density at radius 3 is 2.46 bits per heavy atom. The zero-order chi connectivity index (χ0) is 18.4. The smallest absolute Gasteiger partial charge is 0.317 e. The van der Waals surface area contributed by atoms with Crippen LogP contribution in [0.2, 0.25) is 0 Å². The molecule has 0 radical (unpaired) electrons. The highest BCUT2D eigenvalue weighted by atomic mass is 16.5. The molecule has 0 unspecified atom stereocenters. The Labute approximate surface area is 155 Å². The van der Waals surface area contributed by atoms with Gasteiger partial charge in [0.15, 0.2) is 0 Å². The molecule has 1 saturated heterocycles. The molecule has 1 aliphatic heterocycles. The summed E-state index contributed by atoms with van der Waals surface area (Å²) in [6, 6.07) is 16.4. The van der Waals surface area contributed by atoms with Gasteiger partial charge < -0.3 is 19.9 Å². The minimum absolute atomic E-state index is 0.00257. The van der Waals surface area contributed by atoms with Crippen LogP contribution in [0.25, 0.3) is 0 Å². The van der Waals surface area contributed by atoms with Gasteiger partial charge in [-0.05, 0) is 49.2 Å². The summed E-state index contributed by atoms with van der Waals surface area (Å²) in [7, 11) is 0. The number of carbonyl (C=O) groups is 1. The monoisotopic (exact) mass is 353 g/mol. The number of hydrogen-bond acceptors (Lipinski definition) is 3. The maximum absolute atomic E-state index is 12.4. The lowest BCUT2D eigenvalue weighted by Crippen LogP contribution is -2.51. The fourth-order valence-electron chi connectivity index (χ4n) is 3.15. The molecule has 1 heterocycles. The lowest BCUT2D eigenvalue weighted by atomic mass is 10.2. The summed E-state index contributed by atoms with van der Waals surface area (Å²) in [4.78, 5) is 16.6. The van der Waals surface area contributed by atoms with E-state index in [1.807, 2.05) is 36.1 Å². The molecule has 1 N–H and O–H groups in total. The molecule has 5 nitrogen and oxygen atoms in total. The Kier molecular flexibility index (Phi) is 6.00. The number of urea groups is 1. The van der Waals surface area contributed by atoms with E-state index >= 15 is 0 Å². The number of benzene rings is 2. The molecular weight excluding hydrogens is 326 g/mol. The summed E-state index contributed by atoms with van der Waals surface area (Å²) in [6.45, 7) is 8.46. The lowest BCUT2D eigenvalue weighted by molar-refractivity contribution is 0.194. The third-order valence-corrected chi connectivity index (χ3v) is 4.61. The molecule has 0 aliphatic carbocycles. The Balaban J connectivity index is 1.46. The summed E-state index contributed by atoms with van der Waals surface area (Å²) < 4.78 is 5.44. The van der Waals surface area contributed by atoms with Gasteiger partial charge in [0.2, 0.25) is 0 Å². The van der Waals surface area contributed by atoms with E-state index in [1.165, 1.54) is 11.3 Å². The molecule has 3 rings (SSSR count). The second-order valence-corrected chi connectivity index (χ2v) is 6.55. The number of carbonyl (C=O) groups excluding carboxylic acids is 1. The van der Waals surface area contributed by atoms with Gasteiger partial charge in [-0.1, -0.05) is 24.3 Å². The highest BCUT2D eigenvalue weighted by molar-refractivity contribution is 5.74. The minimum atomic E-state index is 0.00257. The third kappa shape index (κ3) is 4.69. The fourth-order valence-corrected chi connectivity index (χ4v) is 3.15. The molecular formula is C21H27N3O2. The third-order valence-electron chi connectivity index (χ3n) is 4.61.